The molecule has 0 aliphatic heterocycles. The maximum atomic E-state index is 12.7. The number of benzene rings is 2. The van der Waals surface area contributed by atoms with Crippen molar-refractivity contribution < 1.29 is 4.79 Å². The number of hydrogen-bond acceptors (Lipinski definition) is 6. The Morgan fingerprint density at radius 1 is 0.969 bits per heavy atom. The van der Waals surface area contributed by atoms with Gasteiger partial charge in [-0.25, -0.2) is 0 Å². The summed E-state index contributed by atoms with van der Waals surface area (Å²) >= 11 is 3.02. The third kappa shape index (κ3) is 5.57. The van der Waals surface area contributed by atoms with Gasteiger partial charge in [0.25, 0.3) is 0 Å². The molecule has 0 atom stereocenters. The molecule has 2 aromatic heterocycles. The van der Waals surface area contributed by atoms with Crippen molar-refractivity contribution in [1.29, 1.82) is 0 Å². The van der Waals surface area contributed by atoms with E-state index < -0.39 is 0 Å². The van der Waals surface area contributed by atoms with Crippen molar-refractivity contribution in [3.05, 3.63) is 79.1 Å². The molecule has 2 heterocycles. The number of hydrogen-bond donors (Lipinski definition) is 1. The highest BCUT2D eigenvalue weighted by Gasteiger charge is 2.16. The predicted octanol–water partition coefficient (Wildman–Crippen LogP) is 5.63. The van der Waals surface area contributed by atoms with Crippen LogP contribution in [0.5, 0.6) is 0 Å². The predicted molar refractivity (Wildman–Crippen MR) is 130 cm³/mol. The summed E-state index contributed by atoms with van der Waals surface area (Å²) in [5, 5.41) is 12.5. The molecule has 32 heavy (non-hydrogen) atoms. The lowest BCUT2D eigenvalue weighted by molar-refractivity contribution is -0.113. The molecule has 0 radical (unpaired) electrons. The standard InChI is InChI=1S/C24H23N5OS2/c1-2-16-29-23(18-12-14-25-15-13-18)27-28-24(29)31-17-22(30)26-20-10-6-7-11-21(20)32-19-8-4-3-5-9-19/h3-15H,2,16-17H2,1H3,(H,26,30). The van der Waals surface area contributed by atoms with Gasteiger partial charge in [-0.1, -0.05) is 60.8 Å². The van der Waals surface area contributed by atoms with Gasteiger partial charge in [0.2, 0.25) is 5.91 Å². The van der Waals surface area contributed by atoms with E-state index in [-0.39, 0.29) is 11.7 Å². The van der Waals surface area contributed by atoms with E-state index in [0.717, 1.165) is 45.0 Å². The fraction of sp³-hybridized carbons (Fsp3) is 0.167. The quantitative estimate of drug-likeness (QED) is 0.326. The topological polar surface area (TPSA) is 72.7 Å². The number of carbonyl (C=O) groups is 1. The minimum Gasteiger partial charge on any atom is -0.324 e. The molecule has 162 valence electrons. The highest BCUT2D eigenvalue weighted by molar-refractivity contribution is 8.00. The number of thioether (sulfide) groups is 1. The molecule has 1 amide bonds. The Morgan fingerprint density at radius 3 is 2.50 bits per heavy atom. The van der Waals surface area contributed by atoms with Gasteiger partial charge in [-0.05, 0) is 42.8 Å². The van der Waals surface area contributed by atoms with Crippen LogP contribution in [0.4, 0.5) is 5.69 Å². The smallest absolute Gasteiger partial charge is 0.234 e. The van der Waals surface area contributed by atoms with E-state index in [4.69, 9.17) is 0 Å². The van der Waals surface area contributed by atoms with Gasteiger partial charge in [0.1, 0.15) is 0 Å². The van der Waals surface area contributed by atoms with Gasteiger partial charge in [0, 0.05) is 34.3 Å². The van der Waals surface area contributed by atoms with E-state index in [0.29, 0.717) is 0 Å². The van der Waals surface area contributed by atoms with Crippen LogP contribution in [0.1, 0.15) is 13.3 Å². The van der Waals surface area contributed by atoms with Crippen LogP contribution in [0, 0.1) is 0 Å². The number of nitrogens with zero attached hydrogens (tertiary/aromatic N) is 4. The lowest BCUT2D eigenvalue weighted by Crippen LogP contribution is -2.15. The zero-order chi connectivity index (χ0) is 22.2. The maximum absolute atomic E-state index is 12.7. The Morgan fingerprint density at radius 2 is 1.72 bits per heavy atom. The Kier molecular flexibility index (Phi) is 7.58. The molecule has 0 saturated heterocycles. The molecular formula is C24H23N5OS2. The average molecular weight is 462 g/mol. The van der Waals surface area contributed by atoms with E-state index in [1.165, 1.54) is 11.8 Å². The van der Waals surface area contributed by atoms with E-state index >= 15 is 0 Å². The summed E-state index contributed by atoms with van der Waals surface area (Å²) in [6.07, 6.45) is 4.43. The first kappa shape index (κ1) is 22.1. The highest BCUT2D eigenvalue weighted by Crippen LogP contribution is 2.33. The van der Waals surface area contributed by atoms with Crippen molar-refractivity contribution in [2.45, 2.75) is 34.8 Å². The molecule has 0 bridgehead atoms. The number of nitrogens with one attached hydrogen (secondary N) is 1. The van der Waals surface area contributed by atoms with Crippen LogP contribution < -0.4 is 5.32 Å². The molecule has 4 aromatic rings. The Labute approximate surface area is 195 Å². The SMILES string of the molecule is CCCn1c(SCC(=O)Nc2ccccc2Sc2ccccc2)nnc1-c1ccncc1. The lowest BCUT2D eigenvalue weighted by Gasteiger charge is -2.11. The number of para-hydroxylation sites is 1. The number of pyridine rings is 1. The van der Waals surface area contributed by atoms with Crippen LogP contribution in [0.25, 0.3) is 11.4 Å². The second kappa shape index (κ2) is 11.0. The summed E-state index contributed by atoms with van der Waals surface area (Å²) < 4.78 is 2.06. The molecule has 0 saturated carbocycles. The van der Waals surface area contributed by atoms with Crippen LogP contribution in [-0.4, -0.2) is 31.4 Å². The normalized spacial score (nSPS) is 10.8. The highest BCUT2D eigenvalue weighted by atomic mass is 32.2. The molecule has 0 spiro atoms. The number of rotatable bonds is 9. The van der Waals surface area contributed by atoms with Crippen molar-refractivity contribution in [2.24, 2.45) is 0 Å². The number of carbonyl (C=O) groups excluding carboxylic acids is 1. The van der Waals surface area contributed by atoms with Crippen molar-refractivity contribution >= 4 is 35.1 Å². The van der Waals surface area contributed by atoms with Gasteiger partial charge in [0.15, 0.2) is 11.0 Å². The summed E-state index contributed by atoms with van der Waals surface area (Å²) in [5.74, 6) is 0.970. The molecule has 0 fully saturated rings. The van der Waals surface area contributed by atoms with E-state index in [9.17, 15) is 4.79 Å². The third-order valence-electron chi connectivity index (χ3n) is 4.57. The van der Waals surface area contributed by atoms with Crippen LogP contribution in [0.15, 0.2) is 94.1 Å². The molecule has 0 aliphatic carbocycles. The summed E-state index contributed by atoms with van der Waals surface area (Å²) in [6.45, 7) is 2.89. The zero-order valence-electron chi connectivity index (χ0n) is 17.6. The molecule has 0 unspecified atom stereocenters. The minimum atomic E-state index is -0.0763. The number of anilines is 1. The van der Waals surface area contributed by atoms with Crippen LogP contribution >= 0.6 is 23.5 Å². The molecule has 1 N–H and O–H groups in total. The van der Waals surface area contributed by atoms with Crippen molar-refractivity contribution in [3.63, 3.8) is 0 Å². The van der Waals surface area contributed by atoms with Crippen molar-refractivity contribution in [2.75, 3.05) is 11.1 Å². The van der Waals surface area contributed by atoms with Crippen LogP contribution in [-0.2, 0) is 11.3 Å². The molecule has 8 heteroatoms. The van der Waals surface area contributed by atoms with Gasteiger partial charge in [-0.2, -0.15) is 0 Å². The van der Waals surface area contributed by atoms with Gasteiger partial charge < -0.3 is 9.88 Å². The molecule has 6 nitrogen and oxygen atoms in total. The Bertz CT molecular complexity index is 1170. The molecule has 4 rings (SSSR count). The van der Waals surface area contributed by atoms with Gasteiger partial charge in [-0.3, -0.25) is 9.78 Å². The average Bonchev–Trinajstić information content (AvgIpc) is 3.23. The minimum absolute atomic E-state index is 0.0763. The summed E-state index contributed by atoms with van der Waals surface area (Å²) in [5.41, 5.74) is 1.77. The first-order chi connectivity index (χ1) is 15.7. The summed E-state index contributed by atoms with van der Waals surface area (Å²) in [4.78, 5) is 18.9. The van der Waals surface area contributed by atoms with E-state index in [1.807, 2.05) is 54.6 Å². The fourth-order valence-corrected chi connectivity index (χ4v) is 4.81. The second-order valence-electron chi connectivity index (χ2n) is 6.94. The zero-order valence-corrected chi connectivity index (χ0v) is 19.3. The third-order valence-corrected chi connectivity index (χ3v) is 6.62. The summed E-state index contributed by atoms with van der Waals surface area (Å²) in [7, 11) is 0. The maximum Gasteiger partial charge on any atom is 0.234 e. The molecular weight excluding hydrogens is 438 g/mol. The Hall–Kier alpha value is -3.10. The number of amides is 1. The van der Waals surface area contributed by atoms with Gasteiger partial charge in [-0.15, -0.1) is 10.2 Å². The molecule has 0 aliphatic rings. The number of aromatic nitrogens is 4. The van der Waals surface area contributed by atoms with Gasteiger partial charge >= 0.3 is 0 Å². The van der Waals surface area contributed by atoms with Crippen molar-refractivity contribution in [1.82, 2.24) is 19.7 Å². The Balaban J connectivity index is 1.44. The second-order valence-corrected chi connectivity index (χ2v) is 9.00. The van der Waals surface area contributed by atoms with Gasteiger partial charge in [0.05, 0.1) is 11.4 Å². The van der Waals surface area contributed by atoms with Crippen LogP contribution in [0.3, 0.4) is 0 Å². The monoisotopic (exact) mass is 461 g/mol. The first-order valence-electron chi connectivity index (χ1n) is 10.3. The largest absolute Gasteiger partial charge is 0.324 e. The van der Waals surface area contributed by atoms with Crippen LogP contribution in [0.2, 0.25) is 0 Å². The lowest BCUT2D eigenvalue weighted by atomic mass is 10.2. The fourth-order valence-electron chi connectivity index (χ4n) is 3.13. The molecule has 2 aromatic carbocycles. The van der Waals surface area contributed by atoms with Crippen molar-refractivity contribution in [3.8, 4) is 11.4 Å². The summed E-state index contributed by atoms with van der Waals surface area (Å²) in [6, 6.07) is 21.8. The first-order valence-corrected chi connectivity index (χ1v) is 12.1. The van der Waals surface area contributed by atoms with E-state index in [1.54, 1.807) is 24.2 Å². The van der Waals surface area contributed by atoms with E-state index in [2.05, 4.69) is 44.1 Å².